The molecule has 106 valence electrons. The molecule has 0 saturated heterocycles. The Morgan fingerprint density at radius 2 is 2.00 bits per heavy atom. The van der Waals surface area contributed by atoms with Crippen LogP contribution in [-0.2, 0) is 11.3 Å². The first kappa shape index (κ1) is 15.7. The van der Waals surface area contributed by atoms with Crippen molar-refractivity contribution in [2.75, 3.05) is 19.6 Å². The fraction of sp³-hybridized carbons (Fsp3) is 0.533. The number of hydrogen-bond acceptors (Lipinski definition) is 3. The Labute approximate surface area is 116 Å². The average molecular weight is 263 g/mol. The second-order valence-corrected chi connectivity index (χ2v) is 4.97. The summed E-state index contributed by atoms with van der Waals surface area (Å²) >= 11 is 0. The molecule has 0 atom stereocenters. The molecule has 0 aliphatic carbocycles. The molecule has 3 N–H and O–H groups in total. The molecule has 0 bridgehead atoms. The van der Waals surface area contributed by atoms with E-state index >= 15 is 0 Å². The first-order valence-corrected chi connectivity index (χ1v) is 6.88. The zero-order valence-corrected chi connectivity index (χ0v) is 11.9. The summed E-state index contributed by atoms with van der Waals surface area (Å²) in [5.41, 5.74) is 6.63. The molecule has 0 radical (unpaired) electrons. The van der Waals surface area contributed by atoms with Crippen molar-refractivity contribution in [3.63, 3.8) is 0 Å². The number of nitrogens with zero attached hydrogens (tertiary/aromatic N) is 1. The van der Waals surface area contributed by atoms with E-state index in [-0.39, 0.29) is 5.91 Å². The van der Waals surface area contributed by atoms with Crippen molar-refractivity contribution in [3.05, 3.63) is 35.9 Å². The third-order valence-electron chi connectivity index (χ3n) is 3.06. The van der Waals surface area contributed by atoms with Crippen LogP contribution < -0.4 is 11.1 Å². The minimum atomic E-state index is 0.0644. The summed E-state index contributed by atoms with van der Waals surface area (Å²) in [5, 5.41) is 2.95. The van der Waals surface area contributed by atoms with Crippen molar-refractivity contribution in [2.24, 2.45) is 5.73 Å². The van der Waals surface area contributed by atoms with E-state index in [0.29, 0.717) is 25.7 Å². The highest BCUT2D eigenvalue weighted by Crippen LogP contribution is 2.00. The quantitative estimate of drug-likeness (QED) is 0.744. The van der Waals surface area contributed by atoms with Crippen LogP contribution in [-0.4, -0.2) is 36.5 Å². The van der Waals surface area contributed by atoms with E-state index in [1.54, 1.807) is 0 Å². The summed E-state index contributed by atoms with van der Waals surface area (Å²) in [6.45, 7) is 6.75. The molecule has 0 spiro atoms. The number of nitrogens with two attached hydrogens (primary N) is 1. The maximum atomic E-state index is 11.9. The summed E-state index contributed by atoms with van der Waals surface area (Å²) in [6, 6.07) is 10.3. The van der Waals surface area contributed by atoms with E-state index < -0.39 is 0 Å². The minimum absolute atomic E-state index is 0.0644. The van der Waals surface area contributed by atoms with Crippen molar-refractivity contribution in [2.45, 2.75) is 32.9 Å². The van der Waals surface area contributed by atoms with Gasteiger partial charge in [0.25, 0.3) is 0 Å². The van der Waals surface area contributed by atoms with E-state index in [1.165, 1.54) is 0 Å². The highest BCUT2D eigenvalue weighted by atomic mass is 16.2. The van der Waals surface area contributed by atoms with E-state index in [1.807, 2.05) is 30.3 Å². The smallest absolute Gasteiger partial charge is 0.234 e. The van der Waals surface area contributed by atoms with Gasteiger partial charge in [-0.1, -0.05) is 30.3 Å². The molecule has 0 aromatic heterocycles. The number of carbonyl (C=O) groups excluding carboxylic acids is 1. The first-order chi connectivity index (χ1) is 9.13. The molecule has 0 fully saturated rings. The average Bonchev–Trinajstić information content (AvgIpc) is 2.42. The van der Waals surface area contributed by atoms with Crippen molar-refractivity contribution in [3.8, 4) is 0 Å². The zero-order chi connectivity index (χ0) is 14.1. The summed E-state index contributed by atoms with van der Waals surface area (Å²) < 4.78 is 0. The second kappa shape index (κ2) is 8.67. The molecule has 19 heavy (non-hydrogen) atoms. The van der Waals surface area contributed by atoms with Gasteiger partial charge in [0, 0.05) is 19.1 Å². The number of amides is 1. The molecule has 4 heteroatoms. The Balaban J connectivity index is 2.36. The van der Waals surface area contributed by atoms with Gasteiger partial charge in [-0.25, -0.2) is 0 Å². The van der Waals surface area contributed by atoms with Gasteiger partial charge in [0.1, 0.15) is 0 Å². The number of benzene rings is 1. The van der Waals surface area contributed by atoms with Crippen LogP contribution in [0.15, 0.2) is 30.3 Å². The predicted molar refractivity (Wildman–Crippen MR) is 78.7 cm³/mol. The summed E-state index contributed by atoms with van der Waals surface area (Å²) in [5.74, 6) is 0.0644. The summed E-state index contributed by atoms with van der Waals surface area (Å²) in [4.78, 5) is 14.1. The maximum absolute atomic E-state index is 11.9. The first-order valence-electron chi connectivity index (χ1n) is 6.88. The van der Waals surface area contributed by atoms with Gasteiger partial charge in [0.15, 0.2) is 0 Å². The molecule has 0 heterocycles. The maximum Gasteiger partial charge on any atom is 0.234 e. The zero-order valence-electron chi connectivity index (χ0n) is 11.9. The summed E-state index contributed by atoms with van der Waals surface area (Å²) in [6.07, 6.45) is 0.921. The molecule has 1 amide bonds. The monoisotopic (exact) mass is 263 g/mol. The lowest BCUT2D eigenvalue weighted by Crippen LogP contribution is -2.41. The number of rotatable bonds is 8. The van der Waals surface area contributed by atoms with Crippen molar-refractivity contribution < 1.29 is 4.79 Å². The third kappa shape index (κ3) is 6.36. The van der Waals surface area contributed by atoms with E-state index in [2.05, 4.69) is 24.1 Å². The van der Waals surface area contributed by atoms with Gasteiger partial charge in [0.05, 0.1) is 6.54 Å². The molecular formula is C15H25N3O. The van der Waals surface area contributed by atoms with E-state index in [4.69, 9.17) is 5.73 Å². The molecule has 4 nitrogen and oxygen atoms in total. The summed E-state index contributed by atoms with van der Waals surface area (Å²) in [7, 11) is 0. The highest BCUT2D eigenvalue weighted by molar-refractivity contribution is 5.78. The fourth-order valence-electron chi connectivity index (χ4n) is 1.85. The van der Waals surface area contributed by atoms with Crippen LogP contribution in [0.4, 0.5) is 0 Å². The minimum Gasteiger partial charge on any atom is -0.351 e. The van der Waals surface area contributed by atoms with Crippen molar-refractivity contribution in [1.82, 2.24) is 10.2 Å². The SMILES string of the molecule is CC(C)N(CCCN)CC(=O)NCc1ccccc1. The lowest BCUT2D eigenvalue weighted by atomic mass is 10.2. The second-order valence-electron chi connectivity index (χ2n) is 4.97. The lowest BCUT2D eigenvalue weighted by Gasteiger charge is -2.25. The van der Waals surface area contributed by atoms with E-state index in [0.717, 1.165) is 18.5 Å². The molecule has 0 saturated carbocycles. The largest absolute Gasteiger partial charge is 0.351 e. The number of carbonyl (C=O) groups is 1. The fourth-order valence-corrected chi connectivity index (χ4v) is 1.85. The third-order valence-corrected chi connectivity index (χ3v) is 3.06. The van der Waals surface area contributed by atoms with Gasteiger partial charge in [-0.3, -0.25) is 9.69 Å². The van der Waals surface area contributed by atoms with Gasteiger partial charge >= 0.3 is 0 Å². The number of nitrogens with one attached hydrogen (secondary N) is 1. The van der Waals surface area contributed by atoms with Crippen LogP contribution in [0.5, 0.6) is 0 Å². The molecule has 1 aromatic rings. The van der Waals surface area contributed by atoms with Gasteiger partial charge in [-0.2, -0.15) is 0 Å². The standard InChI is InChI=1S/C15H25N3O/c1-13(2)18(10-6-9-16)12-15(19)17-11-14-7-4-3-5-8-14/h3-5,7-8,13H,6,9-12,16H2,1-2H3,(H,17,19). The van der Waals surface area contributed by atoms with Gasteiger partial charge in [0.2, 0.25) is 5.91 Å². The Morgan fingerprint density at radius 1 is 1.32 bits per heavy atom. The Kier molecular flexibility index (Phi) is 7.15. The lowest BCUT2D eigenvalue weighted by molar-refractivity contribution is -0.122. The molecule has 0 aliphatic rings. The van der Waals surface area contributed by atoms with Crippen molar-refractivity contribution in [1.29, 1.82) is 0 Å². The highest BCUT2D eigenvalue weighted by Gasteiger charge is 2.13. The van der Waals surface area contributed by atoms with Crippen LogP contribution in [0.2, 0.25) is 0 Å². The van der Waals surface area contributed by atoms with Gasteiger partial charge in [-0.15, -0.1) is 0 Å². The molecule has 0 unspecified atom stereocenters. The molecule has 0 aliphatic heterocycles. The number of hydrogen-bond donors (Lipinski definition) is 2. The molecule has 1 aromatic carbocycles. The predicted octanol–water partition coefficient (Wildman–Crippen LogP) is 1.36. The van der Waals surface area contributed by atoms with Gasteiger partial charge < -0.3 is 11.1 Å². The van der Waals surface area contributed by atoms with Crippen LogP contribution >= 0.6 is 0 Å². The Hall–Kier alpha value is -1.39. The van der Waals surface area contributed by atoms with E-state index in [9.17, 15) is 4.79 Å². The van der Waals surface area contributed by atoms with Gasteiger partial charge in [-0.05, 0) is 32.4 Å². The Bertz CT molecular complexity index is 365. The van der Waals surface area contributed by atoms with Crippen LogP contribution in [0.25, 0.3) is 0 Å². The van der Waals surface area contributed by atoms with Crippen LogP contribution in [0.1, 0.15) is 25.8 Å². The van der Waals surface area contributed by atoms with Crippen LogP contribution in [0.3, 0.4) is 0 Å². The normalized spacial score (nSPS) is 11.0. The van der Waals surface area contributed by atoms with Crippen molar-refractivity contribution >= 4 is 5.91 Å². The topological polar surface area (TPSA) is 58.4 Å². The molecule has 1 rings (SSSR count). The Morgan fingerprint density at radius 3 is 2.58 bits per heavy atom. The molecular weight excluding hydrogens is 238 g/mol. The van der Waals surface area contributed by atoms with Crippen LogP contribution in [0, 0.1) is 0 Å².